The van der Waals surface area contributed by atoms with E-state index < -0.39 is 0 Å². The highest BCUT2D eigenvalue weighted by atomic mass is 79.9. The van der Waals surface area contributed by atoms with E-state index in [-0.39, 0.29) is 11.6 Å². The molecule has 0 heterocycles. The molecule has 0 amide bonds. The summed E-state index contributed by atoms with van der Waals surface area (Å²) >= 11 is 3.55. The van der Waals surface area contributed by atoms with Crippen LogP contribution in [-0.2, 0) is 0 Å². The third kappa shape index (κ3) is 3.40. The van der Waals surface area contributed by atoms with Crippen LogP contribution in [0.3, 0.4) is 0 Å². The Balaban J connectivity index is 1.79. The van der Waals surface area contributed by atoms with Crippen LogP contribution in [0.4, 0.5) is 8.78 Å². The zero-order valence-electron chi connectivity index (χ0n) is 12.4. The molecule has 1 fully saturated rings. The van der Waals surface area contributed by atoms with E-state index >= 15 is 0 Å². The van der Waals surface area contributed by atoms with Crippen molar-refractivity contribution in [3.05, 3.63) is 59.7 Å². The minimum Gasteiger partial charge on any atom is -0.207 e. The summed E-state index contributed by atoms with van der Waals surface area (Å²) in [6, 6.07) is 11.5. The van der Waals surface area contributed by atoms with Crippen LogP contribution in [0, 0.1) is 17.6 Å². The summed E-state index contributed by atoms with van der Waals surface area (Å²) in [5.74, 6) is 0.711. The van der Waals surface area contributed by atoms with E-state index in [1.54, 1.807) is 18.2 Å². The van der Waals surface area contributed by atoms with Gasteiger partial charge < -0.3 is 0 Å². The fourth-order valence-corrected chi connectivity index (χ4v) is 3.95. The molecule has 2 aromatic carbocycles. The third-order valence-corrected chi connectivity index (χ3v) is 5.60. The molecule has 0 radical (unpaired) electrons. The molecule has 22 heavy (non-hydrogen) atoms. The Labute approximate surface area is 138 Å². The zero-order valence-corrected chi connectivity index (χ0v) is 14.0. The van der Waals surface area contributed by atoms with Crippen molar-refractivity contribution in [3.8, 4) is 11.1 Å². The van der Waals surface area contributed by atoms with Gasteiger partial charge in [-0.1, -0.05) is 40.2 Å². The molecule has 3 heteroatoms. The number of hydrogen-bond acceptors (Lipinski definition) is 0. The second kappa shape index (κ2) is 6.91. The molecule has 3 rings (SSSR count). The molecule has 116 valence electrons. The highest BCUT2D eigenvalue weighted by Crippen LogP contribution is 2.37. The van der Waals surface area contributed by atoms with E-state index in [4.69, 9.17) is 0 Å². The van der Waals surface area contributed by atoms with Crippen LogP contribution in [0.15, 0.2) is 42.5 Å². The van der Waals surface area contributed by atoms with Gasteiger partial charge in [0.15, 0.2) is 0 Å². The van der Waals surface area contributed by atoms with Gasteiger partial charge in [0.1, 0.15) is 11.6 Å². The van der Waals surface area contributed by atoms with Gasteiger partial charge in [0, 0.05) is 10.9 Å². The maximum absolute atomic E-state index is 14.4. The van der Waals surface area contributed by atoms with Crippen LogP contribution in [0.1, 0.15) is 37.2 Å². The van der Waals surface area contributed by atoms with Crippen molar-refractivity contribution in [2.75, 3.05) is 5.33 Å². The molecule has 1 aliphatic carbocycles. The van der Waals surface area contributed by atoms with Gasteiger partial charge in [-0.25, -0.2) is 8.78 Å². The van der Waals surface area contributed by atoms with Gasteiger partial charge in [0.05, 0.1) is 0 Å². The largest absolute Gasteiger partial charge is 0.207 e. The van der Waals surface area contributed by atoms with Gasteiger partial charge in [0.2, 0.25) is 0 Å². The second-order valence-electron chi connectivity index (χ2n) is 6.12. The van der Waals surface area contributed by atoms with Crippen molar-refractivity contribution in [2.45, 2.75) is 31.6 Å². The lowest BCUT2D eigenvalue weighted by Crippen LogP contribution is -2.14. The van der Waals surface area contributed by atoms with Gasteiger partial charge in [-0.2, -0.15) is 0 Å². The second-order valence-corrected chi connectivity index (χ2v) is 6.77. The maximum atomic E-state index is 14.4. The lowest BCUT2D eigenvalue weighted by Gasteiger charge is -2.27. The first-order valence-electron chi connectivity index (χ1n) is 7.78. The van der Waals surface area contributed by atoms with Crippen molar-refractivity contribution >= 4 is 15.9 Å². The molecule has 1 saturated carbocycles. The predicted molar refractivity (Wildman–Crippen MR) is 90.3 cm³/mol. The van der Waals surface area contributed by atoms with Crippen LogP contribution in [0.5, 0.6) is 0 Å². The van der Waals surface area contributed by atoms with E-state index in [0.29, 0.717) is 17.0 Å². The van der Waals surface area contributed by atoms with Crippen molar-refractivity contribution in [1.29, 1.82) is 0 Å². The lowest BCUT2D eigenvalue weighted by molar-refractivity contribution is 0.353. The molecular weight excluding hydrogens is 346 g/mol. The fraction of sp³-hybridized carbons (Fsp3) is 0.368. The van der Waals surface area contributed by atoms with E-state index in [2.05, 4.69) is 15.9 Å². The number of alkyl halides is 1. The van der Waals surface area contributed by atoms with Crippen LogP contribution in [-0.4, -0.2) is 5.33 Å². The van der Waals surface area contributed by atoms with Gasteiger partial charge in [-0.05, 0) is 66.8 Å². The number of rotatable bonds is 3. The number of hydrogen-bond donors (Lipinski definition) is 0. The molecule has 0 aliphatic heterocycles. The highest BCUT2D eigenvalue weighted by molar-refractivity contribution is 9.09. The van der Waals surface area contributed by atoms with Crippen LogP contribution in [0.2, 0.25) is 0 Å². The summed E-state index contributed by atoms with van der Waals surface area (Å²) in [5.41, 5.74) is 2.35. The quantitative estimate of drug-likeness (QED) is 0.560. The van der Waals surface area contributed by atoms with Crippen LogP contribution in [0.25, 0.3) is 11.1 Å². The summed E-state index contributed by atoms with van der Waals surface area (Å²) < 4.78 is 27.4. The first-order chi connectivity index (χ1) is 10.7. The van der Waals surface area contributed by atoms with Crippen molar-refractivity contribution < 1.29 is 8.78 Å². The van der Waals surface area contributed by atoms with Crippen LogP contribution >= 0.6 is 15.9 Å². The van der Waals surface area contributed by atoms with E-state index in [1.807, 2.05) is 12.1 Å². The topological polar surface area (TPSA) is 0 Å². The Morgan fingerprint density at radius 2 is 1.59 bits per heavy atom. The molecule has 0 bridgehead atoms. The third-order valence-electron chi connectivity index (χ3n) is 4.68. The molecule has 1 aliphatic rings. The summed E-state index contributed by atoms with van der Waals surface area (Å²) in [7, 11) is 0. The van der Waals surface area contributed by atoms with Gasteiger partial charge in [0.25, 0.3) is 0 Å². The predicted octanol–water partition coefficient (Wildman–Crippen LogP) is 6.30. The number of halogens is 3. The first-order valence-corrected chi connectivity index (χ1v) is 8.91. The number of benzene rings is 2. The van der Waals surface area contributed by atoms with E-state index in [9.17, 15) is 8.78 Å². The molecule has 0 unspecified atom stereocenters. The SMILES string of the molecule is Fc1ccc(-c2ccc([C@H]3CC[C@H](CBr)CC3)cc2F)cc1. The average Bonchev–Trinajstić information content (AvgIpc) is 2.56. The summed E-state index contributed by atoms with van der Waals surface area (Å²) in [4.78, 5) is 0. The molecule has 0 aromatic heterocycles. The van der Waals surface area contributed by atoms with Crippen molar-refractivity contribution in [1.82, 2.24) is 0 Å². The fourth-order valence-electron chi connectivity index (χ4n) is 3.30. The molecule has 0 nitrogen and oxygen atoms in total. The summed E-state index contributed by atoms with van der Waals surface area (Å²) in [6.07, 6.45) is 4.67. The summed E-state index contributed by atoms with van der Waals surface area (Å²) in [6.45, 7) is 0. The maximum Gasteiger partial charge on any atom is 0.131 e. The monoisotopic (exact) mass is 364 g/mol. The molecule has 0 N–H and O–H groups in total. The lowest BCUT2D eigenvalue weighted by atomic mass is 9.79. The molecule has 0 saturated heterocycles. The Bertz CT molecular complexity index is 628. The minimum atomic E-state index is -0.302. The standard InChI is InChI=1S/C19H19BrF2/c20-12-13-1-3-14(4-2-13)16-7-10-18(19(22)11-16)15-5-8-17(21)9-6-15/h5-11,13-14H,1-4,12H2/t13-,14-. The van der Waals surface area contributed by atoms with E-state index in [1.165, 1.54) is 25.0 Å². The highest BCUT2D eigenvalue weighted by Gasteiger charge is 2.22. The molecule has 0 atom stereocenters. The van der Waals surface area contributed by atoms with E-state index in [0.717, 1.165) is 29.7 Å². The summed E-state index contributed by atoms with van der Waals surface area (Å²) in [5, 5.41) is 1.07. The Morgan fingerprint density at radius 3 is 2.18 bits per heavy atom. The Kier molecular flexibility index (Phi) is 4.92. The van der Waals surface area contributed by atoms with Gasteiger partial charge in [-0.3, -0.25) is 0 Å². The van der Waals surface area contributed by atoms with Crippen molar-refractivity contribution in [3.63, 3.8) is 0 Å². The van der Waals surface area contributed by atoms with Gasteiger partial charge >= 0.3 is 0 Å². The zero-order chi connectivity index (χ0) is 15.5. The molecular formula is C19H19BrF2. The Hall–Kier alpha value is -1.22. The average molecular weight is 365 g/mol. The normalized spacial score (nSPS) is 21.8. The minimum absolute atomic E-state index is 0.216. The van der Waals surface area contributed by atoms with Gasteiger partial charge in [-0.15, -0.1) is 0 Å². The van der Waals surface area contributed by atoms with Crippen LogP contribution < -0.4 is 0 Å². The smallest absolute Gasteiger partial charge is 0.131 e. The first kappa shape index (κ1) is 15.7. The molecule has 0 spiro atoms. The molecule has 2 aromatic rings. The van der Waals surface area contributed by atoms with Crippen molar-refractivity contribution in [2.24, 2.45) is 5.92 Å². The Morgan fingerprint density at radius 1 is 0.909 bits per heavy atom.